The van der Waals surface area contributed by atoms with E-state index in [1.807, 2.05) is 0 Å². The fourth-order valence-corrected chi connectivity index (χ4v) is 2.70. The molecule has 1 aromatic heterocycles. The minimum absolute atomic E-state index is 0.0743. The second-order valence-corrected chi connectivity index (χ2v) is 5.69. The van der Waals surface area contributed by atoms with Gasteiger partial charge < -0.3 is 10.0 Å². The number of piperidine rings is 1. The Morgan fingerprint density at radius 3 is 2.84 bits per heavy atom. The minimum Gasteiger partial charge on any atom is -0.396 e. The molecule has 2 rings (SSSR count). The Bertz CT molecular complexity index is 496. The lowest BCUT2D eigenvalue weighted by Gasteiger charge is -2.31. The van der Waals surface area contributed by atoms with Crippen molar-refractivity contribution in [1.29, 1.82) is 0 Å². The Labute approximate surface area is 126 Å². The average Bonchev–Trinajstić information content (AvgIpc) is 2.44. The molecular formula is C12H13Cl3N2O2. The highest BCUT2D eigenvalue weighted by atomic mass is 35.5. The molecule has 1 saturated heterocycles. The molecule has 1 fully saturated rings. The van der Waals surface area contributed by atoms with Crippen molar-refractivity contribution in [2.45, 2.75) is 12.8 Å². The van der Waals surface area contributed by atoms with Gasteiger partial charge in [0, 0.05) is 25.9 Å². The van der Waals surface area contributed by atoms with Crippen LogP contribution in [-0.2, 0) is 0 Å². The second kappa shape index (κ2) is 6.27. The predicted octanol–water partition coefficient (Wildman–Crippen LogP) is 2.89. The summed E-state index contributed by atoms with van der Waals surface area (Å²) in [6, 6.07) is 0. The Morgan fingerprint density at radius 1 is 1.42 bits per heavy atom. The number of hydrogen-bond donors (Lipinski definition) is 1. The molecule has 1 atom stereocenters. The molecule has 1 aliphatic rings. The lowest BCUT2D eigenvalue weighted by Crippen LogP contribution is -2.41. The van der Waals surface area contributed by atoms with Gasteiger partial charge in [0.05, 0.1) is 15.1 Å². The van der Waals surface area contributed by atoms with E-state index in [1.54, 1.807) is 4.90 Å². The predicted molar refractivity (Wildman–Crippen MR) is 75.0 cm³/mol. The molecule has 4 nitrogen and oxygen atoms in total. The third kappa shape index (κ3) is 3.14. The summed E-state index contributed by atoms with van der Waals surface area (Å²) in [6.07, 6.45) is 3.09. The molecule has 1 aromatic rings. The molecule has 1 aliphatic heterocycles. The van der Waals surface area contributed by atoms with Gasteiger partial charge in [0.15, 0.2) is 0 Å². The highest BCUT2D eigenvalue weighted by molar-refractivity contribution is 6.48. The van der Waals surface area contributed by atoms with Crippen molar-refractivity contribution in [3.63, 3.8) is 0 Å². The summed E-state index contributed by atoms with van der Waals surface area (Å²) in [5.74, 6) is -0.166. The van der Waals surface area contributed by atoms with Crippen LogP contribution < -0.4 is 0 Å². The summed E-state index contributed by atoms with van der Waals surface area (Å²) in [7, 11) is 0. The van der Waals surface area contributed by atoms with E-state index in [1.165, 1.54) is 6.20 Å². The van der Waals surface area contributed by atoms with Gasteiger partial charge in [0.1, 0.15) is 5.69 Å². The maximum absolute atomic E-state index is 12.3. The largest absolute Gasteiger partial charge is 0.396 e. The first kappa shape index (κ1) is 14.9. The summed E-state index contributed by atoms with van der Waals surface area (Å²) in [5.41, 5.74) is 0.106. The highest BCUT2D eigenvalue weighted by Crippen LogP contribution is 2.32. The van der Waals surface area contributed by atoms with Crippen LogP contribution in [0.15, 0.2) is 6.20 Å². The molecule has 0 radical (unpaired) electrons. The Morgan fingerprint density at radius 2 is 2.16 bits per heavy atom. The van der Waals surface area contributed by atoms with Crippen molar-refractivity contribution in [1.82, 2.24) is 9.88 Å². The van der Waals surface area contributed by atoms with Gasteiger partial charge in [-0.05, 0) is 18.8 Å². The van der Waals surface area contributed by atoms with Gasteiger partial charge >= 0.3 is 0 Å². The zero-order valence-electron chi connectivity index (χ0n) is 10.1. The fourth-order valence-electron chi connectivity index (χ4n) is 2.14. The van der Waals surface area contributed by atoms with E-state index in [4.69, 9.17) is 34.8 Å². The van der Waals surface area contributed by atoms with E-state index in [-0.39, 0.29) is 39.2 Å². The molecule has 0 aromatic carbocycles. The van der Waals surface area contributed by atoms with E-state index >= 15 is 0 Å². The zero-order chi connectivity index (χ0) is 14.0. The minimum atomic E-state index is -0.276. The average molecular weight is 324 g/mol. The van der Waals surface area contributed by atoms with Crippen molar-refractivity contribution in [3.8, 4) is 0 Å². The fraction of sp³-hybridized carbons (Fsp3) is 0.500. The smallest absolute Gasteiger partial charge is 0.274 e. The van der Waals surface area contributed by atoms with Crippen LogP contribution >= 0.6 is 34.8 Å². The number of aliphatic hydroxyl groups is 1. The van der Waals surface area contributed by atoms with E-state index in [2.05, 4.69) is 4.98 Å². The third-order valence-corrected chi connectivity index (χ3v) is 4.42. The molecule has 1 unspecified atom stereocenters. The van der Waals surface area contributed by atoms with Crippen molar-refractivity contribution >= 4 is 40.7 Å². The van der Waals surface area contributed by atoms with Crippen LogP contribution in [0.3, 0.4) is 0 Å². The maximum atomic E-state index is 12.3. The van der Waals surface area contributed by atoms with E-state index in [0.717, 1.165) is 12.8 Å². The molecule has 2 heterocycles. The van der Waals surface area contributed by atoms with Crippen LogP contribution in [0.5, 0.6) is 0 Å². The molecule has 0 aliphatic carbocycles. The summed E-state index contributed by atoms with van der Waals surface area (Å²) in [5, 5.41) is 9.61. The topological polar surface area (TPSA) is 53.4 Å². The zero-order valence-corrected chi connectivity index (χ0v) is 12.3. The molecule has 0 bridgehead atoms. The number of carbonyl (C=O) groups excluding carboxylic acids is 1. The van der Waals surface area contributed by atoms with Gasteiger partial charge in [0.25, 0.3) is 5.91 Å². The second-order valence-electron chi connectivity index (χ2n) is 4.52. The number of pyridine rings is 1. The van der Waals surface area contributed by atoms with Gasteiger partial charge in [-0.25, -0.2) is 4.98 Å². The molecule has 19 heavy (non-hydrogen) atoms. The van der Waals surface area contributed by atoms with E-state index in [0.29, 0.717) is 13.1 Å². The van der Waals surface area contributed by atoms with Gasteiger partial charge in [-0.2, -0.15) is 0 Å². The molecular weight excluding hydrogens is 311 g/mol. The van der Waals surface area contributed by atoms with Crippen molar-refractivity contribution < 1.29 is 9.90 Å². The summed E-state index contributed by atoms with van der Waals surface area (Å²) < 4.78 is 0. The van der Waals surface area contributed by atoms with Crippen LogP contribution in [0, 0.1) is 5.92 Å². The number of carbonyl (C=O) groups is 1. The number of amides is 1. The van der Waals surface area contributed by atoms with E-state index < -0.39 is 0 Å². The monoisotopic (exact) mass is 322 g/mol. The molecule has 1 amide bonds. The van der Waals surface area contributed by atoms with E-state index in [9.17, 15) is 9.90 Å². The number of aliphatic hydroxyl groups excluding tert-OH is 1. The van der Waals surface area contributed by atoms with Crippen LogP contribution in [-0.4, -0.2) is 40.6 Å². The van der Waals surface area contributed by atoms with Crippen LogP contribution in [0.1, 0.15) is 23.3 Å². The molecule has 7 heteroatoms. The van der Waals surface area contributed by atoms with Crippen LogP contribution in [0.25, 0.3) is 0 Å². The van der Waals surface area contributed by atoms with Crippen molar-refractivity contribution in [3.05, 3.63) is 27.0 Å². The quantitative estimate of drug-likeness (QED) is 0.910. The van der Waals surface area contributed by atoms with Gasteiger partial charge in [-0.1, -0.05) is 34.8 Å². The number of rotatable bonds is 2. The first-order valence-corrected chi connectivity index (χ1v) is 7.07. The number of halogens is 3. The third-order valence-electron chi connectivity index (χ3n) is 3.18. The number of nitrogens with zero attached hydrogens (tertiary/aromatic N) is 2. The van der Waals surface area contributed by atoms with Crippen LogP contribution in [0.2, 0.25) is 15.1 Å². The molecule has 104 valence electrons. The summed E-state index contributed by atoms with van der Waals surface area (Å²) in [4.78, 5) is 17.9. The summed E-state index contributed by atoms with van der Waals surface area (Å²) >= 11 is 17.7. The number of likely N-dealkylation sites (tertiary alicyclic amines) is 1. The lowest BCUT2D eigenvalue weighted by molar-refractivity contribution is 0.0615. The highest BCUT2D eigenvalue weighted by Gasteiger charge is 2.27. The van der Waals surface area contributed by atoms with Crippen LogP contribution in [0.4, 0.5) is 0 Å². The normalized spacial score (nSPS) is 19.6. The molecule has 0 saturated carbocycles. The lowest BCUT2D eigenvalue weighted by atomic mass is 9.99. The SMILES string of the molecule is O=C(c1ncc(Cl)c(Cl)c1Cl)N1CCCC(CO)C1. The first-order valence-electron chi connectivity index (χ1n) is 5.94. The Hall–Kier alpha value is -0.550. The van der Waals surface area contributed by atoms with Crippen molar-refractivity contribution in [2.24, 2.45) is 5.92 Å². The first-order chi connectivity index (χ1) is 9.04. The van der Waals surface area contributed by atoms with Gasteiger partial charge in [-0.15, -0.1) is 0 Å². The Kier molecular flexibility index (Phi) is 4.90. The van der Waals surface area contributed by atoms with Crippen molar-refractivity contribution in [2.75, 3.05) is 19.7 Å². The van der Waals surface area contributed by atoms with Gasteiger partial charge in [0.2, 0.25) is 0 Å². The standard InChI is InChI=1S/C12H13Cl3N2O2/c13-8-4-16-11(10(15)9(8)14)12(19)17-3-1-2-7(5-17)6-18/h4,7,18H,1-3,5-6H2. The molecule has 1 N–H and O–H groups in total. The summed E-state index contributed by atoms with van der Waals surface area (Å²) in [6.45, 7) is 1.22. The molecule has 0 spiro atoms. The number of hydrogen-bond acceptors (Lipinski definition) is 3. The Balaban J connectivity index is 2.22. The number of aromatic nitrogens is 1. The van der Waals surface area contributed by atoms with Gasteiger partial charge in [-0.3, -0.25) is 4.79 Å². The maximum Gasteiger partial charge on any atom is 0.274 e.